The van der Waals surface area contributed by atoms with E-state index >= 15 is 0 Å². The molecule has 1 aromatic carbocycles. The van der Waals surface area contributed by atoms with Crippen LogP contribution >= 0.6 is 0 Å². The van der Waals surface area contributed by atoms with E-state index in [1.165, 1.54) is 0 Å². The largest absolute Gasteiger partial charge is 0.497 e. The van der Waals surface area contributed by atoms with Crippen molar-refractivity contribution in [3.05, 3.63) is 23.3 Å². The first kappa shape index (κ1) is 15.5. The fraction of sp³-hybridized carbons (Fsp3) is 0.533. The van der Waals surface area contributed by atoms with Gasteiger partial charge in [0.1, 0.15) is 5.75 Å². The van der Waals surface area contributed by atoms with E-state index in [-0.39, 0.29) is 5.91 Å². The number of carbonyl (C=O) groups is 1. The minimum absolute atomic E-state index is 0.0446. The van der Waals surface area contributed by atoms with Gasteiger partial charge in [-0.05, 0) is 44.0 Å². The number of hydrogen-bond acceptors (Lipinski definition) is 2. The Kier molecular flexibility index (Phi) is 4.95. The highest BCUT2D eigenvalue weighted by Crippen LogP contribution is 2.26. The predicted molar refractivity (Wildman–Crippen MR) is 78.6 cm³/mol. The summed E-state index contributed by atoms with van der Waals surface area (Å²) in [4.78, 5) is 12.1. The molecule has 4 heteroatoms. The van der Waals surface area contributed by atoms with Crippen molar-refractivity contribution < 1.29 is 14.0 Å². The van der Waals surface area contributed by atoms with Gasteiger partial charge in [0.05, 0.1) is 27.7 Å². The minimum Gasteiger partial charge on any atom is -0.497 e. The first-order chi connectivity index (χ1) is 8.79. The summed E-state index contributed by atoms with van der Waals surface area (Å²) in [6, 6.07) is 3.87. The number of ether oxygens (including phenoxy) is 1. The summed E-state index contributed by atoms with van der Waals surface area (Å²) >= 11 is 0. The summed E-state index contributed by atoms with van der Waals surface area (Å²) in [6.45, 7) is 7.43. The molecule has 0 aromatic heterocycles. The molecule has 0 unspecified atom stereocenters. The lowest BCUT2D eigenvalue weighted by atomic mass is 10.1. The number of likely N-dealkylation sites (N-methyl/N-ethyl adjacent to an activating group) is 1. The Balaban J connectivity index is 2.86. The molecule has 0 aliphatic heterocycles. The molecule has 106 valence electrons. The Hall–Kier alpha value is -1.55. The molecule has 0 fully saturated rings. The van der Waals surface area contributed by atoms with Gasteiger partial charge in [-0.25, -0.2) is 0 Å². The molecule has 0 aliphatic rings. The molecule has 0 saturated heterocycles. The molecule has 19 heavy (non-hydrogen) atoms. The number of benzene rings is 1. The van der Waals surface area contributed by atoms with Crippen molar-refractivity contribution in [2.75, 3.05) is 39.6 Å². The van der Waals surface area contributed by atoms with Gasteiger partial charge in [-0.15, -0.1) is 0 Å². The summed E-state index contributed by atoms with van der Waals surface area (Å²) in [7, 11) is 5.74. The average molecular weight is 265 g/mol. The Labute approximate surface area is 116 Å². The Morgan fingerprint density at radius 2 is 1.79 bits per heavy atom. The maximum atomic E-state index is 12.1. The zero-order valence-corrected chi connectivity index (χ0v) is 12.8. The van der Waals surface area contributed by atoms with Crippen molar-refractivity contribution in [1.82, 2.24) is 0 Å². The number of amides is 1. The smallest absolute Gasteiger partial charge is 0.279 e. The third-order valence-electron chi connectivity index (χ3n) is 3.43. The zero-order valence-electron chi connectivity index (χ0n) is 12.8. The molecule has 0 heterocycles. The van der Waals surface area contributed by atoms with Gasteiger partial charge in [-0.3, -0.25) is 4.79 Å². The van der Waals surface area contributed by atoms with Crippen LogP contribution < -0.4 is 10.1 Å². The molecule has 1 aromatic rings. The van der Waals surface area contributed by atoms with E-state index in [0.29, 0.717) is 11.0 Å². The van der Waals surface area contributed by atoms with Crippen LogP contribution in [-0.2, 0) is 4.79 Å². The lowest BCUT2D eigenvalue weighted by Gasteiger charge is -2.27. The molecule has 1 amide bonds. The third kappa shape index (κ3) is 4.24. The second-order valence-corrected chi connectivity index (χ2v) is 5.59. The number of hydrogen-bond donors (Lipinski definition) is 1. The van der Waals surface area contributed by atoms with Gasteiger partial charge in [0.25, 0.3) is 5.91 Å². The first-order valence-corrected chi connectivity index (χ1v) is 6.56. The molecule has 1 rings (SSSR count). The van der Waals surface area contributed by atoms with Crippen LogP contribution in [0.4, 0.5) is 5.69 Å². The van der Waals surface area contributed by atoms with Gasteiger partial charge in [-0.1, -0.05) is 0 Å². The highest BCUT2D eigenvalue weighted by molar-refractivity contribution is 5.93. The Bertz CT molecular complexity index is 444. The summed E-state index contributed by atoms with van der Waals surface area (Å²) in [5.74, 6) is 0.862. The summed E-state index contributed by atoms with van der Waals surface area (Å²) in [5, 5.41) is 3.01. The molecule has 1 N–H and O–H groups in total. The molecule has 0 atom stereocenters. The number of methoxy groups -OCH3 is 1. The molecule has 0 aliphatic carbocycles. The van der Waals surface area contributed by atoms with E-state index < -0.39 is 0 Å². The summed E-state index contributed by atoms with van der Waals surface area (Å²) in [5.41, 5.74) is 2.93. The summed E-state index contributed by atoms with van der Waals surface area (Å²) < 4.78 is 5.90. The Morgan fingerprint density at radius 1 is 1.26 bits per heavy atom. The van der Waals surface area contributed by atoms with Crippen LogP contribution in [-0.4, -0.2) is 44.7 Å². The highest BCUT2D eigenvalue weighted by Gasteiger charge is 2.19. The van der Waals surface area contributed by atoms with Gasteiger partial charge >= 0.3 is 0 Å². The van der Waals surface area contributed by atoms with Crippen molar-refractivity contribution >= 4 is 11.6 Å². The fourth-order valence-corrected chi connectivity index (χ4v) is 1.92. The number of aryl methyl sites for hydroxylation is 2. The topological polar surface area (TPSA) is 38.3 Å². The molecule has 4 nitrogen and oxygen atoms in total. The van der Waals surface area contributed by atoms with Crippen molar-refractivity contribution in [1.29, 1.82) is 0 Å². The quantitative estimate of drug-likeness (QED) is 0.830. The van der Waals surface area contributed by atoms with Crippen LogP contribution in [0.1, 0.15) is 18.1 Å². The number of quaternary nitrogens is 1. The van der Waals surface area contributed by atoms with Gasteiger partial charge in [-0.2, -0.15) is 0 Å². The molecule has 0 spiro atoms. The summed E-state index contributed by atoms with van der Waals surface area (Å²) in [6.07, 6.45) is 0. The van der Waals surface area contributed by atoms with E-state index in [1.54, 1.807) is 7.11 Å². The van der Waals surface area contributed by atoms with Crippen LogP contribution in [0.3, 0.4) is 0 Å². The standard InChI is InChI=1S/C15H24N2O2/c1-7-17(4,5)10-14(18)16-15-11(2)8-13(19-6)9-12(15)3/h8-9H,7,10H2,1-6H3/p+1. The molecule has 0 radical (unpaired) electrons. The lowest BCUT2D eigenvalue weighted by Crippen LogP contribution is -2.45. The maximum absolute atomic E-state index is 12.1. The van der Waals surface area contributed by atoms with E-state index in [0.717, 1.165) is 29.1 Å². The highest BCUT2D eigenvalue weighted by atomic mass is 16.5. The molecule has 0 bridgehead atoms. The predicted octanol–water partition coefficient (Wildman–Crippen LogP) is 2.35. The van der Waals surface area contributed by atoms with Crippen LogP contribution in [0.2, 0.25) is 0 Å². The third-order valence-corrected chi connectivity index (χ3v) is 3.43. The van der Waals surface area contributed by atoms with Crippen LogP contribution in [0, 0.1) is 13.8 Å². The first-order valence-electron chi connectivity index (χ1n) is 6.56. The van der Waals surface area contributed by atoms with Crippen molar-refractivity contribution in [3.8, 4) is 5.75 Å². The maximum Gasteiger partial charge on any atom is 0.279 e. The Morgan fingerprint density at radius 3 is 2.21 bits per heavy atom. The molecule has 0 saturated carbocycles. The van der Waals surface area contributed by atoms with Crippen LogP contribution in [0.15, 0.2) is 12.1 Å². The second-order valence-electron chi connectivity index (χ2n) is 5.59. The number of nitrogens with zero attached hydrogens (tertiary/aromatic N) is 1. The zero-order chi connectivity index (χ0) is 14.6. The van der Waals surface area contributed by atoms with E-state index in [2.05, 4.69) is 12.2 Å². The SMILES string of the molecule is CC[N+](C)(C)CC(=O)Nc1c(C)cc(OC)cc1C. The van der Waals surface area contributed by atoms with Crippen LogP contribution in [0.5, 0.6) is 5.75 Å². The normalized spacial score (nSPS) is 11.3. The lowest BCUT2D eigenvalue weighted by molar-refractivity contribution is -0.880. The van der Waals surface area contributed by atoms with Crippen LogP contribution in [0.25, 0.3) is 0 Å². The fourth-order valence-electron chi connectivity index (χ4n) is 1.92. The van der Waals surface area contributed by atoms with E-state index in [9.17, 15) is 4.79 Å². The van der Waals surface area contributed by atoms with Crippen molar-refractivity contribution in [2.45, 2.75) is 20.8 Å². The van der Waals surface area contributed by atoms with E-state index in [4.69, 9.17) is 4.74 Å². The van der Waals surface area contributed by atoms with Gasteiger partial charge in [0.15, 0.2) is 6.54 Å². The van der Waals surface area contributed by atoms with Gasteiger partial charge < -0.3 is 14.5 Å². The number of nitrogens with one attached hydrogen (secondary N) is 1. The average Bonchev–Trinajstić information content (AvgIpc) is 2.33. The van der Waals surface area contributed by atoms with Crippen molar-refractivity contribution in [3.63, 3.8) is 0 Å². The minimum atomic E-state index is 0.0446. The van der Waals surface area contributed by atoms with Gasteiger partial charge in [0.2, 0.25) is 0 Å². The van der Waals surface area contributed by atoms with Crippen molar-refractivity contribution in [2.24, 2.45) is 0 Å². The van der Waals surface area contributed by atoms with E-state index in [1.807, 2.05) is 40.1 Å². The molecular weight excluding hydrogens is 240 g/mol. The molecular formula is C15H25N2O2+. The van der Waals surface area contributed by atoms with Gasteiger partial charge in [0, 0.05) is 5.69 Å². The number of rotatable bonds is 5. The number of carbonyl (C=O) groups excluding carboxylic acids is 1. The monoisotopic (exact) mass is 265 g/mol. The number of anilines is 1. The second kappa shape index (κ2) is 6.06.